The van der Waals surface area contributed by atoms with Crippen LogP contribution in [0, 0.1) is 0 Å². The third kappa shape index (κ3) is 29.2. The Kier molecular flexibility index (Phi) is 41.7. The predicted molar refractivity (Wildman–Crippen MR) is 310 cm³/mol. The summed E-state index contributed by atoms with van der Waals surface area (Å²) < 4.78 is 34.2. The molecule has 12 N–H and O–H groups in total. The molecule has 3 aliphatic rings. The fourth-order valence-electron chi connectivity index (χ4n) is 11.3. The second-order valence-electron chi connectivity index (χ2n) is 23.6. The summed E-state index contributed by atoms with van der Waals surface area (Å²) in [6, 6.07) is -0.966. The van der Waals surface area contributed by atoms with Crippen molar-refractivity contribution < 1.29 is 89.4 Å². The van der Waals surface area contributed by atoms with Gasteiger partial charge in [0.2, 0.25) is 5.91 Å². The first-order valence-electron chi connectivity index (χ1n) is 32.4. The highest BCUT2D eigenvalue weighted by Crippen LogP contribution is 2.33. The molecular weight excluding hydrogens is 1050 g/mol. The summed E-state index contributed by atoms with van der Waals surface area (Å²) >= 11 is 0. The number of aliphatic hydroxyl groups excluding tert-OH is 11. The molecule has 0 bridgehead atoms. The third-order valence-corrected chi connectivity index (χ3v) is 16.6. The van der Waals surface area contributed by atoms with Crippen molar-refractivity contribution in [2.75, 3.05) is 26.4 Å². The molecule has 3 rings (SSSR count). The number of carbonyl (C=O) groups is 1. The Morgan fingerprint density at radius 2 is 0.765 bits per heavy atom. The van der Waals surface area contributed by atoms with Crippen LogP contribution in [0.25, 0.3) is 0 Å². The van der Waals surface area contributed by atoms with E-state index in [-0.39, 0.29) is 18.9 Å². The lowest BCUT2D eigenvalue weighted by Crippen LogP contribution is -2.66. The Bertz CT molecular complexity index is 1530. The van der Waals surface area contributed by atoms with Gasteiger partial charge in [0.05, 0.1) is 38.6 Å². The monoisotopic (exact) mass is 1160 g/mol. The predicted octanol–water partition coefficient (Wildman–Crippen LogP) is 6.94. The van der Waals surface area contributed by atoms with Crippen molar-refractivity contribution in [2.45, 2.75) is 349 Å². The van der Waals surface area contributed by atoms with E-state index < -0.39 is 124 Å². The van der Waals surface area contributed by atoms with Crippen LogP contribution in [-0.2, 0) is 33.2 Å². The molecule has 1 amide bonds. The first-order chi connectivity index (χ1) is 39.3. The van der Waals surface area contributed by atoms with E-state index in [1.54, 1.807) is 6.08 Å². The molecule has 3 aliphatic heterocycles. The van der Waals surface area contributed by atoms with Gasteiger partial charge in [-0.25, -0.2) is 0 Å². The summed E-state index contributed by atoms with van der Waals surface area (Å²) in [4.78, 5) is 13.2. The number of rotatable bonds is 49. The van der Waals surface area contributed by atoms with E-state index >= 15 is 0 Å². The maximum absolute atomic E-state index is 13.2. The lowest BCUT2D eigenvalue weighted by molar-refractivity contribution is -0.379. The summed E-state index contributed by atoms with van der Waals surface area (Å²) in [5.74, 6) is -0.277. The topological polar surface area (TPSA) is 307 Å². The normalized spacial score (nSPS) is 29.8. The van der Waals surface area contributed by atoms with Crippen LogP contribution in [0.4, 0.5) is 0 Å². The number of ether oxygens (including phenoxy) is 6. The molecule has 0 saturated carbocycles. The highest BCUT2D eigenvalue weighted by atomic mass is 16.8. The highest BCUT2D eigenvalue weighted by Gasteiger charge is 2.53. The van der Waals surface area contributed by atoms with Crippen LogP contribution in [0.2, 0.25) is 0 Å². The molecule has 0 spiro atoms. The van der Waals surface area contributed by atoms with Gasteiger partial charge in [-0.15, -0.1) is 0 Å². The Morgan fingerprint density at radius 1 is 0.432 bits per heavy atom. The minimum absolute atomic E-state index is 0.247. The minimum atomic E-state index is -1.97. The molecule has 0 aromatic carbocycles. The van der Waals surface area contributed by atoms with Crippen molar-refractivity contribution in [3.63, 3.8) is 0 Å². The van der Waals surface area contributed by atoms with Gasteiger partial charge in [0.15, 0.2) is 18.9 Å². The molecule has 3 fully saturated rings. The standard InChI is InChI=1S/C62H117NO18/c1-3-5-7-9-11-13-14-15-16-17-18-19-20-21-22-23-24-25-26-27-28-29-30-32-33-35-37-39-46(67)45(63-50(68)40-38-36-34-31-12-10-8-6-4-2)44-76-60-56(74)53(71)58(48(42-65)78-60)81-62-57(75)54(72)59(49(43-66)79-62)80-61-55(73)52(70)51(69)47(41-64)77-61/h37,39,45-49,51-62,64-67,69-75H,3-36,38,40-44H2,1-2H3,(H,63,68)/b39-37+. The molecule has 3 heterocycles. The lowest BCUT2D eigenvalue weighted by Gasteiger charge is -2.48. The summed E-state index contributed by atoms with van der Waals surface area (Å²) in [5.41, 5.74) is 0. The van der Waals surface area contributed by atoms with Crippen LogP contribution >= 0.6 is 0 Å². The average molecular weight is 1160 g/mol. The second kappa shape index (κ2) is 45.8. The second-order valence-corrected chi connectivity index (χ2v) is 23.6. The maximum atomic E-state index is 13.2. The summed E-state index contributed by atoms with van der Waals surface area (Å²) in [6.07, 6.45) is 20.9. The van der Waals surface area contributed by atoms with Crippen LogP contribution in [0.3, 0.4) is 0 Å². The number of allylic oxidation sites excluding steroid dienone is 1. The Morgan fingerprint density at radius 3 is 1.16 bits per heavy atom. The molecule has 19 nitrogen and oxygen atoms in total. The molecular formula is C62H117NO18. The van der Waals surface area contributed by atoms with E-state index in [0.717, 1.165) is 44.9 Å². The van der Waals surface area contributed by atoms with Gasteiger partial charge in [0.25, 0.3) is 0 Å². The van der Waals surface area contributed by atoms with Crippen LogP contribution in [0.1, 0.15) is 245 Å². The fourth-order valence-corrected chi connectivity index (χ4v) is 11.3. The third-order valence-electron chi connectivity index (χ3n) is 16.6. The van der Waals surface area contributed by atoms with E-state index in [0.29, 0.717) is 6.42 Å². The fraction of sp³-hybridized carbons (Fsp3) is 0.952. The first-order valence-corrected chi connectivity index (χ1v) is 32.4. The lowest BCUT2D eigenvalue weighted by atomic mass is 9.96. The molecule has 81 heavy (non-hydrogen) atoms. The van der Waals surface area contributed by atoms with E-state index in [4.69, 9.17) is 28.4 Å². The Labute approximate surface area is 486 Å². The van der Waals surface area contributed by atoms with Crippen LogP contribution in [-0.4, -0.2) is 193 Å². The van der Waals surface area contributed by atoms with Crippen molar-refractivity contribution in [3.8, 4) is 0 Å². The molecule has 17 atom stereocenters. The van der Waals surface area contributed by atoms with Gasteiger partial charge in [0, 0.05) is 6.42 Å². The summed E-state index contributed by atoms with van der Waals surface area (Å²) in [7, 11) is 0. The SMILES string of the molecule is CCCCCCCCCCCCCCCCCCCCCCCCCCC/C=C/C(O)C(COC1OC(CO)C(OC2OC(CO)C(OC3OC(CO)C(O)C(O)C3O)C(O)C2O)C(O)C1O)NC(=O)CCCCCCCCCCC. The molecule has 17 unspecified atom stereocenters. The molecule has 478 valence electrons. The average Bonchev–Trinajstić information content (AvgIpc) is 3.46. The van der Waals surface area contributed by atoms with Gasteiger partial charge in [-0.3, -0.25) is 4.79 Å². The quantitative estimate of drug-likeness (QED) is 0.0217. The van der Waals surface area contributed by atoms with Crippen LogP contribution in [0.15, 0.2) is 12.2 Å². The van der Waals surface area contributed by atoms with E-state index in [1.807, 2.05) is 6.08 Å². The van der Waals surface area contributed by atoms with Gasteiger partial charge in [-0.1, -0.05) is 231 Å². The molecule has 0 aliphatic carbocycles. The first kappa shape index (κ1) is 73.8. The van der Waals surface area contributed by atoms with Gasteiger partial charge >= 0.3 is 0 Å². The van der Waals surface area contributed by atoms with Gasteiger partial charge in [-0.2, -0.15) is 0 Å². The zero-order chi connectivity index (χ0) is 59.0. The van der Waals surface area contributed by atoms with E-state index in [2.05, 4.69) is 19.2 Å². The molecule has 19 heteroatoms. The molecule has 0 aromatic heterocycles. The number of amides is 1. The van der Waals surface area contributed by atoms with Crippen LogP contribution in [0.5, 0.6) is 0 Å². The van der Waals surface area contributed by atoms with Crippen molar-refractivity contribution in [1.29, 1.82) is 0 Å². The molecule has 0 aromatic rings. The highest BCUT2D eigenvalue weighted by molar-refractivity contribution is 5.76. The summed E-state index contributed by atoms with van der Waals surface area (Å²) in [6.45, 7) is 1.71. The van der Waals surface area contributed by atoms with Crippen molar-refractivity contribution in [3.05, 3.63) is 12.2 Å². The van der Waals surface area contributed by atoms with Crippen molar-refractivity contribution in [1.82, 2.24) is 5.32 Å². The summed E-state index contributed by atoms with van der Waals surface area (Å²) in [5, 5.41) is 120. The Balaban J connectivity index is 1.40. The number of hydrogen-bond acceptors (Lipinski definition) is 18. The zero-order valence-corrected chi connectivity index (χ0v) is 50.0. The van der Waals surface area contributed by atoms with Crippen molar-refractivity contribution in [2.24, 2.45) is 0 Å². The molecule has 3 saturated heterocycles. The Hall–Kier alpha value is -1.47. The number of hydrogen-bond donors (Lipinski definition) is 12. The van der Waals surface area contributed by atoms with E-state index in [9.17, 15) is 61.0 Å². The van der Waals surface area contributed by atoms with Gasteiger partial charge < -0.3 is 89.9 Å². The number of carbonyl (C=O) groups excluding carboxylic acids is 1. The number of unbranched alkanes of at least 4 members (excludes halogenated alkanes) is 33. The van der Waals surface area contributed by atoms with E-state index in [1.165, 1.54) is 173 Å². The van der Waals surface area contributed by atoms with Gasteiger partial charge in [0.1, 0.15) is 73.2 Å². The van der Waals surface area contributed by atoms with Crippen LogP contribution < -0.4 is 5.32 Å². The largest absolute Gasteiger partial charge is 0.394 e. The molecule has 0 radical (unpaired) electrons. The zero-order valence-electron chi connectivity index (χ0n) is 50.0. The minimum Gasteiger partial charge on any atom is -0.394 e. The van der Waals surface area contributed by atoms with Gasteiger partial charge in [-0.05, 0) is 19.3 Å². The number of nitrogens with one attached hydrogen (secondary N) is 1. The smallest absolute Gasteiger partial charge is 0.220 e. The number of aliphatic hydroxyl groups is 11. The van der Waals surface area contributed by atoms with Crippen molar-refractivity contribution >= 4 is 5.91 Å². The maximum Gasteiger partial charge on any atom is 0.220 e.